The van der Waals surface area contributed by atoms with Gasteiger partial charge in [-0.3, -0.25) is 19.8 Å². The minimum atomic E-state index is -3.67. The monoisotopic (exact) mass is 573 g/mol. The Morgan fingerprint density at radius 1 is 1.17 bits per heavy atom. The summed E-state index contributed by atoms with van der Waals surface area (Å²) in [5.41, 5.74) is 2.33. The molecule has 4 rings (SSSR count). The van der Waals surface area contributed by atoms with Crippen molar-refractivity contribution in [3.05, 3.63) is 77.2 Å². The third-order valence-electron chi connectivity index (χ3n) is 7.37. The fourth-order valence-corrected chi connectivity index (χ4v) is 5.28. The van der Waals surface area contributed by atoms with E-state index in [1.54, 1.807) is 36.5 Å². The lowest BCUT2D eigenvalue weighted by atomic mass is 9.90. The highest BCUT2D eigenvalue weighted by Crippen LogP contribution is 2.33. The fourth-order valence-electron chi connectivity index (χ4n) is 5.28. The first-order chi connectivity index (χ1) is 19.2. The topological polar surface area (TPSA) is 152 Å². The summed E-state index contributed by atoms with van der Waals surface area (Å²) < 4.78 is 26.8. The quantitative estimate of drug-likeness (QED) is 0.214. The van der Waals surface area contributed by atoms with Crippen molar-refractivity contribution in [2.45, 2.75) is 70.3 Å². The molecule has 12 heteroatoms. The molecule has 11 nitrogen and oxygen atoms in total. The molecular weight excluding hydrogens is 537 g/mol. The van der Waals surface area contributed by atoms with E-state index in [9.17, 15) is 30.0 Å². The lowest BCUT2D eigenvalue weighted by Crippen LogP contribution is -2.78. The Morgan fingerprint density at radius 2 is 1.85 bits per heavy atom. The average molecular weight is 574 g/mol. The van der Waals surface area contributed by atoms with Crippen molar-refractivity contribution in [1.29, 1.82) is 0 Å². The summed E-state index contributed by atoms with van der Waals surface area (Å²) in [6.45, 7) is 11.2. The van der Waals surface area contributed by atoms with Gasteiger partial charge in [0.25, 0.3) is 17.6 Å². The van der Waals surface area contributed by atoms with Crippen LogP contribution in [-0.2, 0) is 34.0 Å². The summed E-state index contributed by atoms with van der Waals surface area (Å²) in [6, 6.07) is 8.10. The van der Waals surface area contributed by atoms with Gasteiger partial charge in [0.15, 0.2) is 6.04 Å². The highest BCUT2D eigenvalue weighted by atomic mass is 19.1. The number of ether oxygens (including phenoxy) is 2. The van der Waals surface area contributed by atoms with Crippen LogP contribution in [0.3, 0.4) is 0 Å². The lowest BCUT2D eigenvalue weighted by molar-refractivity contribution is -0.355. The van der Waals surface area contributed by atoms with Crippen LogP contribution in [0.25, 0.3) is 0 Å². The molecule has 2 saturated heterocycles. The summed E-state index contributed by atoms with van der Waals surface area (Å²) in [4.78, 5) is 27.6. The van der Waals surface area contributed by atoms with E-state index in [2.05, 4.69) is 11.5 Å². The molecule has 0 spiro atoms. The molecule has 222 valence electrons. The minimum Gasteiger partial charge on any atom is -0.488 e. The number of benzene rings is 2. The van der Waals surface area contributed by atoms with Gasteiger partial charge in [0.2, 0.25) is 0 Å². The van der Waals surface area contributed by atoms with Crippen molar-refractivity contribution in [2.24, 2.45) is 0 Å². The largest absolute Gasteiger partial charge is 0.488 e. The predicted octanol–water partition coefficient (Wildman–Crippen LogP) is 0.655. The number of carbonyl (C=O) groups is 2. The van der Waals surface area contributed by atoms with Crippen molar-refractivity contribution < 1.29 is 43.9 Å². The molecule has 2 aromatic rings. The number of imide groups is 1. The van der Waals surface area contributed by atoms with Gasteiger partial charge in [0.05, 0.1) is 12.2 Å². The van der Waals surface area contributed by atoms with E-state index in [1.165, 1.54) is 6.07 Å². The number of hydrogen-bond donors (Lipinski definition) is 5. The maximum absolute atomic E-state index is 15.1. The average Bonchev–Trinajstić information content (AvgIpc) is 2.87. The first-order valence-corrected chi connectivity index (χ1v) is 13.2. The Morgan fingerprint density at radius 3 is 2.49 bits per heavy atom. The molecule has 2 aliphatic rings. The highest BCUT2D eigenvalue weighted by Gasteiger charge is 2.65. The van der Waals surface area contributed by atoms with Gasteiger partial charge in [0, 0.05) is 37.3 Å². The third-order valence-corrected chi connectivity index (χ3v) is 7.37. The molecule has 2 heterocycles. The number of carbonyl (C=O) groups excluding carboxylic acids is 2. The molecule has 2 aromatic carbocycles. The lowest BCUT2D eigenvalue weighted by Gasteiger charge is -2.45. The van der Waals surface area contributed by atoms with Gasteiger partial charge in [-0.2, -0.15) is 0 Å². The van der Waals surface area contributed by atoms with Crippen LogP contribution in [0.5, 0.6) is 5.75 Å². The van der Waals surface area contributed by atoms with Crippen LogP contribution in [0.4, 0.5) is 4.39 Å². The van der Waals surface area contributed by atoms with E-state index in [1.807, 2.05) is 19.9 Å². The summed E-state index contributed by atoms with van der Waals surface area (Å²) in [5, 5.41) is 42.7. The van der Waals surface area contributed by atoms with Crippen LogP contribution < -0.4 is 10.1 Å². The SMILES string of the molecule is C=CN(Cc1c(C)cccc1OCc1ccc(CN2CC(C)OC(C)C2)cc1F)C1C(=O)NC(=O)C(O)(O)C1(O)O. The maximum Gasteiger partial charge on any atom is 0.303 e. The minimum absolute atomic E-state index is 0.104. The van der Waals surface area contributed by atoms with Crippen LogP contribution in [0, 0.1) is 12.7 Å². The molecule has 0 aromatic heterocycles. The van der Waals surface area contributed by atoms with Gasteiger partial charge < -0.3 is 34.8 Å². The van der Waals surface area contributed by atoms with E-state index in [-0.39, 0.29) is 25.4 Å². The molecule has 2 aliphatic heterocycles. The molecule has 2 fully saturated rings. The molecule has 0 aliphatic carbocycles. The van der Waals surface area contributed by atoms with Crippen LogP contribution in [-0.4, -0.2) is 85.0 Å². The Labute approximate surface area is 237 Å². The van der Waals surface area contributed by atoms with Gasteiger partial charge in [0.1, 0.15) is 18.2 Å². The van der Waals surface area contributed by atoms with Crippen LogP contribution in [0.2, 0.25) is 0 Å². The number of morpholine rings is 1. The van der Waals surface area contributed by atoms with Crippen LogP contribution >= 0.6 is 0 Å². The number of aliphatic hydroxyl groups is 4. The second-order valence-corrected chi connectivity index (χ2v) is 10.7. The Bertz CT molecular complexity index is 1310. The highest BCUT2D eigenvalue weighted by molar-refractivity contribution is 6.05. The molecule has 0 bridgehead atoms. The van der Waals surface area contributed by atoms with E-state index in [0.717, 1.165) is 29.8 Å². The normalized spacial score (nSPS) is 24.0. The molecule has 2 amide bonds. The standard InChI is InChI=1S/C29H36FN3O8/c1-5-33(25-26(34)31-27(35)29(38,39)28(25,36)37)15-22-17(2)7-6-8-24(22)40-16-21-10-9-20(11-23(21)30)14-32-12-18(3)41-19(4)13-32/h5-11,18-19,25,36-39H,1,12-16H2,2-4H3,(H,31,34,35). The molecule has 3 atom stereocenters. The Balaban J connectivity index is 1.50. The maximum atomic E-state index is 15.1. The second kappa shape index (κ2) is 11.8. The summed E-state index contributed by atoms with van der Waals surface area (Å²) in [7, 11) is 0. The van der Waals surface area contributed by atoms with Crippen molar-refractivity contribution in [3.63, 3.8) is 0 Å². The van der Waals surface area contributed by atoms with Crippen LogP contribution in [0.1, 0.15) is 36.1 Å². The van der Waals surface area contributed by atoms with Gasteiger partial charge in [-0.05, 0) is 50.2 Å². The zero-order valence-corrected chi connectivity index (χ0v) is 23.2. The number of nitrogens with one attached hydrogen (secondary N) is 1. The van der Waals surface area contributed by atoms with Gasteiger partial charge >= 0.3 is 5.79 Å². The van der Waals surface area contributed by atoms with Crippen molar-refractivity contribution >= 4 is 11.8 Å². The first-order valence-electron chi connectivity index (χ1n) is 13.2. The smallest absolute Gasteiger partial charge is 0.303 e. The van der Waals surface area contributed by atoms with Crippen molar-refractivity contribution in [1.82, 2.24) is 15.1 Å². The molecule has 3 unspecified atom stereocenters. The van der Waals surface area contributed by atoms with Gasteiger partial charge in [-0.1, -0.05) is 30.8 Å². The van der Waals surface area contributed by atoms with E-state index < -0.39 is 35.2 Å². The molecular formula is C29H36FN3O8. The van der Waals surface area contributed by atoms with Crippen molar-refractivity contribution in [3.8, 4) is 5.75 Å². The van der Waals surface area contributed by atoms with E-state index in [4.69, 9.17) is 9.47 Å². The van der Waals surface area contributed by atoms with Crippen LogP contribution in [0.15, 0.2) is 49.2 Å². The third kappa shape index (κ3) is 6.27. The summed E-state index contributed by atoms with van der Waals surface area (Å²) in [5.74, 6) is -10.2. The number of nitrogens with zero attached hydrogens (tertiary/aromatic N) is 2. The van der Waals surface area contributed by atoms with E-state index in [0.29, 0.717) is 29.0 Å². The summed E-state index contributed by atoms with van der Waals surface area (Å²) in [6.07, 6.45) is 1.31. The fraction of sp³-hybridized carbons (Fsp3) is 0.448. The second-order valence-electron chi connectivity index (χ2n) is 10.7. The zero-order valence-electron chi connectivity index (χ0n) is 23.2. The molecule has 0 saturated carbocycles. The van der Waals surface area contributed by atoms with Gasteiger partial charge in [-0.25, -0.2) is 4.39 Å². The van der Waals surface area contributed by atoms with Crippen molar-refractivity contribution in [2.75, 3.05) is 13.1 Å². The van der Waals surface area contributed by atoms with Gasteiger partial charge in [-0.15, -0.1) is 0 Å². The number of halogens is 1. The Hall–Kier alpha value is -3.39. The number of aryl methyl sites for hydroxylation is 1. The Kier molecular flexibility index (Phi) is 8.83. The number of rotatable bonds is 9. The van der Waals surface area contributed by atoms with E-state index >= 15 is 4.39 Å². The number of hydrogen-bond acceptors (Lipinski definition) is 10. The molecule has 41 heavy (non-hydrogen) atoms. The predicted molar refractivity (Wildman–Crippen MR) is 144 cm³/mol. The zero-order chi connectivity index (χ0) is 30.1. The molecule has 0 radical (unpaired) electrons. The number of amides is 2. The molecule has 5 N–H and O–H groups in total. The number of piperidine rings is 1. The first kappa shape index (κ1) is 30.6. The summed E-state index contributed by atoms with van der Waals surface area (Å²) >= 11 is 0.